The first kappa shape index (κ1) is 9.99. The second-order valence-electron chi connectivity index (χ2n) is 2.74. The number of hydrogen-bond acceptors (Lipinski definition) is 1. The van der Waals surface area contributed by atoms with Gasteiger partial charge in [-0.1, -0.05) is 12.1 Å². The van der Waals surface area contributed by atoms with E-state index in [1.807, 2.05) is 0 Å². The second-order valence-corrected chi connectivity index (χ2v) is 3.06. The fraction of sp³-hybridized carbons (Fsp3) is 0.222. The van der Waals surface area contributed by atoms with Gasteiger partial charge in [-0.05, 0) is 29.3 Å². The first-order valence-corrected chi connectivity index (χ1v) is 4.12. The average molecular weight is 202 g/mol. The van der Waals surface area contributed by atoms with Crippen LogP contribution in [0.5, 0.6) is 0 Å². The van der Waals surface area contributed by atoms with Gasteiger partial charge in [-0.15, -0.1) is 0 Å². The molecule has 0 spiro atoms. The molecule has 1 rings (SSSR count). The van der Waals surface area contributed by atoms with Crippen LogP contribution in [0.25, 0.3) is 0 Å². The summed E-state index contributed by atoms with van der Waals surface area (Å²) in [6, 6.07) is 5.93. The summed E-state index contributed by atoms with van der Waals surface area (Å²) in [6.07, 6.45) is 0. The minimum atomic E-state index is -0.524. The zero-order chi connectivity index (χ0) is 9.84. The van der Waals surface area contributed by atoms with Crippen LogP contribution in [-0.4, -0.2) is 17.3 Å². The van der Waals surface area contributed by atoms with E-state index in [1.54, 1.807) is 19.2 Å². The molecule has 0 saturated heterocycles. The first-order valence-electron chi connectivity index (χ1n) is 3.74. The van der Waals surface area contributed by atoms with Crippen LogP contribution in [0.4, 0.5) is 9.18 Å². The lowest BCUT2D eigenvalue weighted by Gasteiger charge is -2.12. The Kier molecular flexibility index (Phi) is 3.25. The molecule has 70 valence electrons. The molecule has 0 aliphatic heterocycles. The lowest BCUT2D eigenvalue weighted by molar-refractivity contribution is 0.230. The van der Waals surface area contributed by atoms with Crippen LogP contribution < -0.4 is 0 Å². The van der Waals surface area contributed by atoms with Gasteiger partial charge in [-0.2, -0.15) is 0 Å². The molecule has 0 radical (unpaired) electrons. The van der Waals surface area contributed by atoms with Crippen LogP contribution in [0, 0.1) is 5.82 Å². The highest BCUT2D eigenvalue weighted by Gasteiger charge is 2.04. The van der Waals surface area contributed by atoms with Gasteiger partial charge in [-0.3, -0.25) is 4.79 Å². The van der Waals surface area contributed by atoms with E-state index in [0.29, 0.717) is 6.54 Å². The molecular weight excluding hydrogens is 193 g/mol. The third kappa shape index (κ3) is 3.03. The van der Waals surface area contributed by atoms with Crippen molar-refractivity contribution < 1.29 is 9.18 Å². The normalized spacial score (nSPS) is 9.77. The van der Waals surface area contributed by atoms with Gasteiger partial charge in [0.1, 0.15) is 5.82 Å². The summed E-state index contributed by atoms with van der Waals surface area (Å²) in [5, 5.41) is -0.524. The van der Waals surface area contributed by atoms with E-state index >= 15 is 0 Å². The molecule has 2 nitrogen and oxygen atoms in total. The number of halogens is 2. The van der Waals surface area contributed by atoms with Crippen LogP contribution in [-0.2, 0) is 6.54 Å². The molecule has 0 saturated carbocycles. The summed E-state index contributed by atoms with van der Waals surface area (Å²) in [5.74, 6) is -0.288. The van der Waals surface area contributed by atoms with Crippen molar-refractivity contribution in [3.05, 3.63) is 35.6 Å². The fourth-order valence-electron chi connectivity index (χ4n) is 0.926. The fourth-order valence-corrected chi connectivity index (χ4v) is 0.986. The highest BCUT2D eigenvalue weighted by atomic mass is 35.5. The van der Waals surface area contributed by atoms with Crippen LogP contribution >= 0.6 is 11.6 Å². The summed E-state index contributed by atoms with van der Waals surface area (Å²) < 4.78 is 12.5. The largest absolute Gasteiger partial charge is 0.328 e. The maximum absolute atomic E-state index is 12.5. The average Bonchev–Trinajstić information content (AvgIpc) is 2.08. The Hall–Kier alpha value is -1.09. The van der Waals surface area contributed by atoms with Crippen molar-refractivity contribution in [3.8, 4) is 0 Å². The maximum Gasteiger partial charge on any atom is 0.316 e. The summed E-state index contributed by atoms with van der Waals surface area (Å²) in [5.41, 5.74) is 0.845. The van der Waals surface area contributed by atoms with Crippen molar-refractivity contribution in [1.82, 2.24) is 4.90 Å². The Morgan fingerprint density at radius 1 is 1.46 bits per heavy atom. The standard InChI is InChI=1S/C9H9ClFNO/c1-12(9(10)13)6-7-2-4-8(11)5-3-7/h2-5H,6H2,1H3. The van der Waals surface area contributed by atoms with Crippen molar-refractivity contribution in [2.75, 3.05) is 7.05 Å². The third-order valence-electron chi connectivity index (χ3n) is 1.63. The van der Waals surface area contributed by atoms with Gasteiger partial charge in [-0.25, -0.2) is 4.39 Å². The van der Waals surface area contributed by atoms with Gasteiger partial charge in [0.05, 0.1) is 0 Å². The topological polar surface area (TPSA) is 20.3 Å². The number of nitrogens with zero attached hydrogens (tertiary/aromatic N) is 1. The molecule has 0 aromatic heterocycles. The first-order chi connectivity index (χ1) is 6.09. The molecule has 0 fully saturated rings. The zero-order valence-corrected chi connectivity index (χ0v) is 7.88. The number of amides is 1. The summed E-state index contributed by atoms with van der Waals surface area (Å²) >= 11 is 5.22. The Balaban J connectivity index is 2.64. The lowest BCUT2D eigenvalue weighted by Crippen LogP contribution is -2.19. The molecule has 0 atom stereocenters. The van der Waals surface area contributed by atoms with Crippen LogP contribution in [0.2, 0.25) is 0 Å². The van der Waals surface area contributed by atoms with Crippen LogP contribution in [0.15, 0.2) is 24.3 Å². The highest BCUT2D eigenvalue weighted by Crippen LogP contribution is 2.06. The van der Waals surface area contributed by atoms with Crippen molar-refractivity contribution in [2.24, 2.45) is 0 Å². The molecular formula is C9H9ClFNO. The number of hydrogen-bond donors (Lipinski definition) is 0. The van der Waals surface area contributed by atoms with Gasteiger partial charge in [0.2, 0.25) is 0 Å². The van der Waals surface area contributed by atoms with Crippen molar-refractivity contribution in [2.45, 2.75) is 6.54 Å². The van der Waals surface area contributed by atoms with Gasteiger partial charge >= 0.3 is 5.37 Å². The van der Waals surface area contributed by atoms with Crippen LogP contribution in [0.3, 0.4) is 0 Å². The number of benzene rings is 1. The molecule has 0 heterocycles. The molecule has 1 aromatic carbocycles. The number of carbonyl (C=O) groups excluding carboxylic acids is 1. The maximum atomic E-state index is 12.5. The minimum Gasteiger partial charge on any atom is -0.328 e. The lowest BCUT2D eigenvalue weighted by atomic mass is 10.2. The quantitative estimate of drug-likeness (QED) is 0.532. The summed E-state index contributed by atoms with van der Waals surface area (Å²) in [7, 11) is 1.58. The number of rotatable bonds is 2. The molecule has 0 aliphatic carbocycles. The monoisotopic (exact) mass is 201 g/mol. The van der Waals surface area contributed by atoms with E-state index in [9.17, 15) is 9.18 Å². The number of carbonyl (C=O) groups is 1. The Morgan fingerprint density at radius 3 is 2.46 bits per heavy atom. The molecule has 0 bridgehead atoms. The molecule has 13 heavy (non-hydrogen) atoms. The minimum absolute atomic E-state index is 0.288. The molecule has 1 aromatic rings. The van der Waals surface area contributed by atoms with Gasteiger partial charge in [0.25, 0.3) is 0 Å². The van der Waals surface area contributed by atoms with E-state index in [4.69, 9.17) is 11.6 Å². The van der Waals surface area contributed by atoms with E-state index in [0.717, 1.165) is 5.56 Å². The predicted octanol–water partition coefficient (Wildman–Crippen LogP) is 2.62. The van der Waals surface area contributed by atoms with Crippen LogP contribution in [0.1, 0.15) is 5.56 Å². The second kappa shape index (κ2) is 4.23. The Bertz CT molecular complexity index is 299. The SMILES string of the molecule is CN(Cc1ccc(F)cc1)C(=O)Cl. The third-order valence-corrected chi connectivity index (χ3v) is 1.92. The Labute approximate surface area is 80.9 Å². The summed E-state index contributed by atoms with van der Waals surface area (Å²) in [4.78, 5) is 12.0. The zero-order valence-electron chi connectivity index (χ0n) is 7.13. The molecule has 0 unspecified atom stereocenters. The van der Waals surface area contributed by atoms with Gasteiger partial charge in [0, 0.05) is 13.6 Å². The summed E-state index contributed by atoms with van der Waals surface area (Å²) in [6.45, 7) is 0.391. The molecule has 1 amide bonds. The highest BCUT2D eigenvalue weighted by molar-refractivity contribution is 6.62. The Morgan fingerprint density at radius 2 is 2.00 bits per heavy atom. The smallest absolute Gasteiger partial charge is 0.316 e. The van der Waals surface area contributed by atoms with Crippen molar-refractivity contribution in [1.29, 1.82) is 0 Å². The van der Waals surface area contributed by atoms with E-state index in [1.165, 1.54) is 17.0 Å². The van der Waals surface area contributed by atoms with E-state index in [2.05, 4.69) is 0 Å². The molecule has 4 heteroatoms. The molecule has 0 aliphatic rings. The van der Waals surface area contributed by atoms with E-state index < -0.39 is 5.37 Å². The van der Waals surface area contributed by atoms with Gasteiger partial charge in [0.15, 0.2) is 0 Å². The van der Waals surface area contributed by atoms with Crippen molar-refractivity contribution >= 4 is 17.0 Å². The molecule has 0 N–H and O–H groups in total. The van der Waals surface area contributed by atoms with Crippen molar-refractivity contribution in [3.63, 3.8) is 0 Å². The predicted molar refractivity (Wildman–Crippen MR) is 49.1 cm³/mol. The van der Waals surface area contributed by atoms with E-state index in [-0.39, 0.29) is 5.82 Å². The van der Waals surface area contributed by atoms with Gasteiger partial charge < -0.3 is 4.90 Å².